The van der Waals surface area contributed by atoms with Crippen LogP contribution in [0.25, 0.3) is 0 Å². The first kappa shape index (κ1) is 21.6. The summed E-state index contributed by atoms with van der Waals surface area (Å²) in [5.74, 6) is -0.474. The number of allylic oxidation sites excluding steroid dienone is 1. The van der Waals surface area contributed by atoms with Crippen LogP contribution in [0.5, 0.6) is 0 Å². The van der Waals surface area contributed by atoms with Crippen LogP contribution in [0, 0.1) is 0 Å². The van der Waals surface area contributed by atoms with E-state index in [1.165, 1.54) is 17.2 Å². The van der Waals surface area contributed by atoms with Crippen LogP contribution < -0.4 is 5.32 Å². The van der Waals surface area contributed by atoms with E-state index in [9.17, 15) is 22.8 Å². The Morgan fingerprint density at radius 1 is 1.29 bits per heavy atom. The third kappa shape index (κ3) is 6.16. The van der Waals surface area contributed by atoms with Crippen LogP contribution in [0.1, 0.15) is 24.2 Å². The smallest absolute Gasteiger partial charge is 0.417 e. The normalized spacial score (nSPS) is 11.1. The molecule has 0 bridgehead atoms. The molecule has 0 aliphatic heterocycles. The van der Waals surface area contributed by atoms with Crippen molar-refractivity contribution in [3.8, 4) is 0 Å². The number of hydrogen-bond donors (Lipinski definition) is 1. The van der Waals surface area contributed by atoms with E-state index in [1.54, 1.807) is 18.2 Å². The van der Waals surface area contributed by atoms with Gasteiger partial charge in [0.05, 0.1) is 23.4 Å². The first-order chi connectivity index (χ1) is 13.2. The van der Waals surface area contributed by atoms with Crippen molar-refractivity contribution < 1.29 is 27.2 Å². The molecule has 9 heteroatoms. The molecular weight excluding hydrogens is 397 g/mol. The average Bonchev–Trinajstić information content (AvgIpc) is 3.13. The van der Waals surface area contributed by atoms with Gasteiger partial charge in [-0.3, -0.25) is 9.59 Å². The number of carbonyl (C=O) groups is 2. The molecule has 0 fully saturated rings. The second-order valence-corrected chi connectivity index (χ2v) is 6.30. The zero-order valence-corrected chi connectivity index (χ0v) is 15.5. The fraction of sp³-hybridized carbons (Fsp3) is 0.263. The topological polar surface area (TPSA) is 62.6 Å². The number of rotatable bonds is 8. The first-order valence-electron chi connectivity index (χ1n) is 8.28. The third-order valence-electron chi connectivity index (χ3n) is 3.73. The molecule has 1 aromatic carbocycles. The summed E-state index contributed by atoms with van der Waals surface area (Å²) in [6.45, 7) is 3.26. The number of amides is 2. The summed E-state index contributed by atoms with van der Waals surface area (Å²) in [5.41, 5.74) is -1.13. The van der Waals surface area contributed by atoms with Crippen molar-refractivity contribution in [2.75, 3.05) is 11.9 Å². The minimum Gasteiger partial charge on any atom is -0.467 e. The molecule has 0 aliphatic rings. The van der Waals surface area contributed by atoms with Crippen LogP contribution in [-0.2, 0) is 22.3 Å². The van der Waals surface area contributed by atoms with E-state index < -0.39 is 22.7 Å². The van der Waals surface area contributed by atoms with E-state index in [0.29, 0.717) is 12.2 Å². The summed E-state index contributed by atoms with van der Waals surface area (Å²) >= 11 is 5.57. The lowest BCUT2D eigenvalue weighted by molar-refractivity contribution is -0.137. The van der Waals surface area contributed by atoms with Gasteiger partial charge < -0.3 is 14.6 Å². The van der Waals surface area contributed by atoms with Gasteiger partial charge in [0.15, 0.2) is 0 Å². The highest BCUT2D eigenvalue weighted by Gasteiger charge is 2.33. The molecule has 2 amide bonds. The summed E-state index contributed by atoms with van der Waals surface area (Å²) in [4.78, 5) is 25.9. The SMILES string of the molecule is C=CCCC(=O)N(CC(=O)Nc1ccc(Cl)c(C(F)(F)F)c1)Cc1ccco1. The predicted octanol–water partition coefficient (Wildman–Crippen LogP) is 4.89. The standard InChI is InChI=1S/C19H18ClF3N2O3/c1-2-3-6-18(27)25(11-14-5-4-9-28-14)12-17(26)24-13-7-8-16(20)15(10-13)19(21,22)23/h2,4-5,7-10H,1,3,6,11-12H2,(H,24,26). The van der Waals surface area contributed by atoms with Crippen LogP contribution >= 0.6 is 11.6 Å². The lowest BCUT2D eigenvalue weighted by Gasteiger charge is -2.21. The molecule has 28 heavy (non-hydrogen) atoms. The van der Waals surface area contributed by atoms with Crippen molar-refractivity contribution in [2.24, 2.45) is 0 Å². The Kier molecular flexibility index (Phi) is 7.28. The van der Waals surface area contributed by atoms with Crippen molar-refractivity contribution >= 4 is 29.1 Å². The van der Waals surface area contributed by atoms with Gasteiger partial charge in [0.1, 0.15) is 12.3 Å². The first-order valence-corrected chi connectivity index (χ1v) is 8.66. The van der Waals surface area contributed by atoms with Gasteiger partial charge in [-0.1, -0.05) is 17.7 Å². The molecule has 1 N–H and O–H groups in total. The highest BCUT2D eigenvalue weighted by Crippen LogP contribution is 2.36. The highest BCUT2D eigenvalue weighted by molar-refractivity contribution is 6.31. The Bertz CT molecular complexity index is 835. The minimum atomic E-state index is -4.65. The van der Waals surface area contributed by atoms with Gasteiger partial charge in [-0.25, -0.2) is 0 Å². The van der Waals surface area contributed by atoms with E-state index >= 15 is 0 Å². The van der Waals surface area contributed by atoms with Crippen molar-refractivity contribution in [2.45, 2.75) is 25.6 Å². The number of halogens is 4. The Morgan fingerprint density at radius 3 is 2.64 bits per heavy atom. The number of nitrogens with zero attached hydrogens (tertiary/aromatic N) is 1. The number of carbonyl (C=O) groups excluding carboxylic acids is 2. The highest BCUT2D eigenvalue weighted by atomic mass is 35.5. The Labute approximate surface area is 164 Å². The van der Waals surface area contributed by atoms with E-state index in [0.717, 1.165) is 12.1 Å². The van der Waals surface area contributed by atoms with Gasteiger partial charge in [-0.2, -0.15) is 13.2 Å². The van der Waals surface area contributed by atoms with Crippen LogP contribution in [0.4, 0.5) is 18.9 Å². The fourth-order valence-corrected chi connectivity index (χ4v) is 2.63. The summed E-state index contributed by atoms with van der Waals surface area (Å²) in [6, 6.07) is 6.35. The predicted molar refractivity (Wildman–Crippen MR) is 98.6 cm³/mol. The van der Waals surface area contributed by atoms with Crippen LogP contribution in [0.2, 0.25) is 5.02 Å². The molecule has 1 aromatic heterocycles. The average molecular weight is 415 g/mol. The third-order valence-corrected chi connectivity index (χ3v) is 4.06. The number of nitrogens with one attached hydrogen (secondary N) is 1. The van der Waals surface area contributed by atoms with Crippen LogP contribution in [-0.4, -0.2) is 23.3 Å². The van der Waals surface area contributed by atoms with Gasteiger partial charge >= 0.3 is 6.18 Å². The number of anilines is 1. The molecule has 0 unspecified atom stereocenters. The number of alkyl halides is 3. The molecular formula is C19H18ClF3N2O3. The molecule has 2 rings (SSSR count). The zero-order chi connectivity index (χ0) is 20.7. The maximum Gasteiger partial charge on any atom is 0.417 e. The van der Waals surface area contributed by atoms with Gasteiger partial charge in [0.25, 0.3) is 0 Å². The lowest BCUT2D eigenvalue weighted by Crippen LogP contribution is -2.37. The molecule has 0 radical (unpaired) electrons. The van der Waals surface area contributed by atoms with E-state index in [-0.39, 0.29) is 31.1 Å². The number of furan rings is 1. The molecule has 2 aromatic rings. The van der Waals surface area contributed by atoms with Crippen molar-refractivity contribution in [1.29, 1.82) is 0 Å². The van der Waals surface area contributed by atoms with Crippen molar-refractivity contribution in [3.05, 3.63) is 65.6 Å². The summed E-state index contributed by atoms with van der Waals surface area (Å²) in [5, 5.41) is 1.89. The van der Waals surface area contributed by atoms with Gasteiger partial charge in [0.2, 0.25) is 11.8 Å². The Balaban J connectivity index is 2.10. The molecule has 1 heterocycles. The minimum absolute atomic E-state index is 0.0603. The number of hydrogen-bond acceptors (Lipinski definition) is 3. The maximum absolute atomic E-state index is 12.9. The fourth-order valence-electron chi connectivity index (χ4n) is 2.40. The Morgan fingerprint density at radius 2 is 2.04 bits per heavy atom. The van der Waals surface area contributed by atoms with Gasteiger partial charge in [0, 0.05) is 12.1 Å². The van der Waals surface area contributed by atoms with Gasteiger partial charge in [-0.15, -0.1) is 6.58 Å². The molecule has 0 saturated heterocycles. The van der Waals surface area contributed by atoms with E-state index in [1.807, 2.05) is 0 Å². The van der Waals surface area contributed by atoms with Gasteiger partial charge in [-0.05, 0) is 36.8 Å². The van der Waals surface area contributed by atoms with Crippen molar-refractivity contribution in [1.82, 2.24) is 4.90 Å². The van der Waals surface area contributed by atoms with E-state index in [2.05, 4.69) is 11.9 Å². The molecule has 0 spiro atoms. The monoisotopic (exact) mass is 414 g/mol. The quantitative estimate of drug-likeness (QED) is 0.626. The molecule has 5 nitrogen and oxygen atoms in total. The largest absolute Gasteiger partial charge is 0.467 e. The molecule has 0 saturated carbocycles. The second-order valence-electron chi connectivity index (χ2n) is 5.90. The number of benzene rings is 1. The van der Waals surface area contributed by atoms with Crippen molar-refractivity contribution in [3.63, 3.8) is 0 Å². The molecule has 150 valence electrons. The Hall–Kier alpha value is -2.74. The van der Waals surface area contributed by atoms with E-state index in [4.69, 9.17) is 16.0 Å². The summed E-state index contributed by atoms with van der Waals surface area (Å²) in [6.07, 6.45) is -1.05. The second kappa shape index (κ2) is 9.45. The summed E-state index contributed by atoms with van der Waals surface area (Å²) in [7, 11) is 0. The molecule has 0 atom stereocenters. The summed E-state index contributed by atoms with van der Waals surface area (Å²) < 4.78 is 44.0. The maximum atomic E-state index is 12.9. The van der Waals surface area contributed by atoms with Crippen LogP contribution in [0.15, 0.2) is 53.7 Å². The zero-order valence-electron chi connectivity index (χ0n) is 14.8. The lowest BCUT2D eigenvalue weighted by atomic mass is 10.2. The molecule has 0 aliphatic carbocycles. The van der Waals surface area contributed by atoms with Crippen LogP contribution in [0.3, 0.4) is 0 Å².